The third-order valence-electron chi connectivity index (χ3n) is 4.85. The first-order valence-electron chi connectivity index (χ1n) is 9.17. The standard InChI is InChI=1S/C19H23N5O2/c25-18(21-17-12-16(22-23-17)14-5-6-14)11-13-3-7-15(8-4-13)20-19(26)24-9-1-2-10-24/h3-4,7-8,12,14H,1-2,5-6,9-11H2,(H,20,26)(H2,21,22,23,25). The highest BCUT2D eigenvalue weighted by Gasteiger charge is 2.25. The van der Waals surface area contributed by atoms with Crippen molar-refractivity contribution in [2.45, 2.75) is 38.0 Å². The van der Waals surface area contributed by atoms with Crippen LogP contribution in [0.4, 0.5) is 16.3 Å². The van der Waals surface area contributed by atoms with Crippen molar-refractivity contribution in [3.05, 3.63) is 41.6 Å². The Morgan fingerprint density at radius 1 is 1.12 bits per heavy atom. The minimum atomic E-state index is -0.104. The minimum absolute atomic E-state index is 0.0574. The quantitative estimate of drug-likeness (QED) is 0.771. The molecular formula is C19H23N5O2. The summed E-state index contributed by atoms with van der Waals surface area (Å²) in [4.78, 5) is 26.1. The van der Waals surface area contributed by atoms with E-state index in [4.69, 9.17) is 0 Å². The Morgan fingerprint density at radius 3 is 2.54 bits per heavy atom. The monoisotopic (exact) mass is 353 g/mol. The van der Waals surface area contributed by atoms with Crippen LogP contribution in [0.3, 0.4) is 0 Å². The van der Waals surface area contributed by atoms with Gasteiger partial charge in [0.15, 0.2) is 5.82 Å². The molecule has 0 bridgehead atoms. The highest BCUT2D eigenvalue weighted by molar-refractivity contribution is 5.92. The lowest BCUT2D eigenvalue weighted by Crippen LogP contribution is -2.32. The van der Waals surface area contributed by atoms with Gasteiger partial charge < -0.3 is 15.5 Å². The second kappa shape index (κ2) is 7.19. The van der Waals surface area contributed by atoms with E-state index in [1.807, 2.05) is 35.2 Å². The number of urea groups is 1. The smallest absolute Gasteiger partial charge is 0.321 e. The van der Waals surface area contributed by atoms with Crippen molar-refractivity contribution in [3.8, 4) is 0 Å². The van der Waals surface area contributed by atoms with Gasteiger partial charge in [0, 0.05) is 36.5 Å². The number of amides is 3. The third kappa shape index (κ3) is 4.04. The van der Waals surface area contributed by atoms with Crippen molar-refractivity contribution in [3.63, 3.8) is 0 Å². The summed E-state index contributed by atoms with van der Waals surface area (Å²) in [5, 5.41) is 12.8. The van der Waals surface area contributed by atoms with Crippen LogP contribution in [0, 0.1) is 0 Å². The molecule has 2 heterocycles. The number of hydrogen-bond donors (Lipinski definition) is 3. The lowest BCUT2D eigenvalue weighted by atomic mass is 10.1. The first-order chi connectivity index (χ1) is 12.7. The maximum atomic E-state index is 12.2. The predicted molar refractivity (Wildman–Crippen MR) is 99.2 cm³/mol. The zero-order valence-electron chi connectivity index (χ0n) is 14.6. The molecule has 26 heavy (non-hydrogen) atoms. The van der Waals surface area contributed by atoms with E-state index in [-0.39, 0.29) is 18.4 Å². The molecule has 1 aliphatic heterocycles. The minimum Gasteiger partial charge on any atom is -0.325 e. The van der Waals surface area contributed by atoms with Crippen molar-refractivity contribution < 1.29 is 9.59 Å². The number of benzene rings is 1. The molecule has 2 aromatic rings. The Bertz CT molecular complexity index is 789. The largest absolute Gasteiger partial charge is 0.325 e. The van der Waals surface area contributed by atoms with Gasteiger partial charge in [0.2, 0.25) is 5.91 Å². The molecule has 1 aromatic carbocycles. The summed E-state index contributed by atoms with van der Waals surface area (Å²) >= 11 is 0. The summed E-state index contributed by atoms with van der Waals surface area (Å²) < 4.78 is 0. The number of hydrogen-bond acceptors (Lipinski definition) is 3. The van der Waals surface area contributed by atoms with Gasteiger partial charge in [0.25, 0.3) is 0 Å². The fourth-order valence-corrected chi connectivity index (χ4v) is 3.21. The fourth-order valence-electron chi connectivity index (χ4n) is 3.21. The summed E-state index contributed by atoms with van der Waals surface area (Å²) in [6, 6.07) is 9.23. The highest BCUT2D eigenvalue weighted by Crippen LogP contribution is 2.39. The van der Waals surface area contributed by atoms with Gasteiger partial charge in [-0.25, -0.2) is 4.79 Å². The number of rotatable bonds is 5. The Balaban J connectivity index is 1.28. The molecule has 7 heteroatoms. The summed E-state index contributed by atoms with van der Waals surface area (Å²) in [7, 11) is 0. The van der Waals surface area contributed by atoms with Crippen LogP contribution in [0.25, 0.3) is 0 Å². The van der Waals surface area contributed by atoms with Crippen molar-refractivity contribution in [1.82, 2.24) is 15.1 Å². The summed E-state index contributed by atoms with van der Waals surface area (Å²) in [6.07, 6.45) is 4.79. The molecule has 136 valence electrons. The van der Waals surface area contributed by atoms with Gasteiger partial charge in [0.05, 0.1) is 6.42 Å². The molecule has 0 spiro atoms. The number of carbonyl (C=O) groups is 2. The Hall–Kier alpha value is -2.83. The van der Waals surface area contributed by atoms with Crippen molar-refractivity contribution in [2.24, 2.45) is 0 Å². The van der Waals surface area contributed by atoms with E-state index in [0.717, 1.165) is 42.9 Å². The number of nitrogens with one attached hydrogen (secondary N) is 3. The average Bonchev–Trinajstić information content (AvgIpc) is 3.14. The van der Waals surface area contributed by atoms with Crippen LogP contribution in [0.1, 0.15) is 42.9 Å². The Morgan fingerprint density at radius 2 is 1.85 bits per heavy atom. The van der Waals surface area contributed by atoms with E-state index in [0.29, 0.717) is 11.7 Å². The number of anilines is 2. The molecule has 1 aromatic heterocycles. The Labute approximate surface area is 152 Å². The van der Waals surface area contributed by atoms with Crippen LogP contribution in [0.5, 0.6) is 0 Å². The molecule has 3 amide bonds. The lowest BCUT2D eigenvalue weighted by Gasteiger charge is -2.16. The van der Waals surface area contributed by atoms with Gasteiger partial charge in [-0.15, -0.1) is 0 Å². The Kier molecular flexibility index (Phi) is 4.60. The number of likely N-dealkylation sites (tertiary alicyclic amines) is 1. The molecule has 3 N–H and O–H groups in total. The van der Waals surface area contributed by atoms with E-state index in [9.17, 15) is 9.59 Å². The topological polar surface area (TPSA) is 90.1 Å². The molecule has 0 unspecified atom stereocenters. The number of aromatic nitrogens is 2. The van der Waals surface area contributed by atoms with Crippen LogP contribution in [-0.4, -0.2) is 40.1 Å². The van der Waals surface area contributed by atoms with Gasteiger partial charge >= 0.3 is 6.03 Å². The number of H-pyrrole nitrogens is 1. The van der Waals surface area contributed by atoms with Crippen molar-refractivity contribution in [1.29, 1.82) is 0 Å². The maximum absolute atomic E-state index is 12.2. The van der Waals surface area contributed by atoms with Gasteiger partial charge in [-0.1, -0.05) is 12.1 Å². The van der Waals surface area contributed by atoms with Crippen LogP contribution in [0.2, 0.25) is 0 Å². The van der Waals surface area contributed by atoms with Crippen LogP contribution in [0.15, 0.2) is 30.3 Å². The third-order valence-corrected chi connectivity index (χ3v) is 4.85. The number of carbonyl (C=O) groups excluding carboxylic acids is 2. The van der Waals surface area contributed by atoms with Crippen molar-refractivity contribution in [2.75, 3.05) is 23.7 Å². The first kappa shape index (κ1) is 16.6. The predicted octanol–water partition coefficient (Wildman–Crippen LogP) is 3.10. The first-order valence-corrected chi connectivity index (χ1v) is 9.17. The van der Waals surface area contributed by atoms with E-state index in [1.54, 1.807) is 0 Å². The highest BCUT2D eigenvalue weighted by atomic mass is 16.2. The molecule has 0 atom stereocenters. The summed E-state index contributed by atoms with van der Waals surface area (Å²) in [5.74, 6) is 1.05. The molecule has 2 aliphatic rings. The second-order valence-electron chi connectivity index (χ2n) is 7.03. The zero-order chi connectivity index (χ0) is 17.9. The zero-order valence-corrected chi connectivity index (χ0v) is 14.6. The SMILES string of the molecule is O=C(Cc1ccc(NC(=O)N2CCCC2)cc1)Nc1cc(C2CC2)[nH]n1. The molecule has 2 fully saturated rings. The van der Waals surface area contributed by atoms with Gasteiger partial charge in [-0.05, 0) is 43.4 Å². The van der Waals surface area contributed by atoms with Crippen molar-refractivity contribution >= 4 is 23.4 Å². The number of aromatic amines is 1. The van der Waals surface area contributed by atoms with Crippen LogP contribution in [-0.2, 0) is 11.2 Å². The van der Waals surface area contributed by atoms with Gasteiger partial charge in [-0.3, -0.25) is 9.89 Å². The molecule has 1 saturated carbocycles. The molecule has 1 aliphatic carbocycles. The molecule has 7 nitrogen and oxygen atoms in total. The van der Waals surface area contributed by atoms with Crippen LogP contribution >= 0.6 is 0 Å². The molecule has 4 rings (SSSR count). The van der Waals surface area contributed by atoms with E-state index in [2.05, 4.69) is 20.8 Å². The average molecular weight is 353 g/mol. The second-order valence-corrected chi connectivity index (χ2v) is 7.03. The summed E-state index contributed by atoms with van der Waals surface area (Å²) in [6.45, 7) is 1.64. The van der Waals surface area contributed by atoms with Gasteiger partial charge in [0.1, 0.15) is 0 Å². The van der Waals surface area contributed by atoms with E-state index >= 15 is 0 Å². The van der Waals surface area contributed by atoms with Gasteiger partial charge in [-0.2, -0.15) is 5.10 Å². The molecule has 0 radical (unpaired) electrons. The molecular weight excluding hydrogens is 330 g/mol. The molecule has 1 saturated heterocycles. The number of nitrogens with zero attached hydrogens (tertiary/aromatic N) is 2. The lowest BCUT2D eigenvalue weighted by molar-refractivity contribution is -0.115. The fraction of sp³-hybridized carbons (Fsp3) is 0.421. The normalized spacial score (nSPS) is 16.5. The van der Waals surface area contributed by atoms with Crippen LogP contribution < -0.4 is 10.6 Å². The van der Waals surface area contributed by atoms with E-state index < -0.39 is 0 Å². The maximum Gasteiger partial charge on any atom is 0.321 e. The summed E-state index contributed by atoms with van der Waals surface area (Å²) in [5.41, 5.74) is 2.73. The van der Waals surface area contributed by atoms with E-state index in [1.165, 1.54) is 12.8 Å².